The molecule has 0 radical (unpaired) electrons. The molecule has 2 aromatic heterocycles. The number of hydrogen-bond acceptors (Lipinski definition) is 6. The van der Waals surface area contributed by atoms with Gasteiger partial charge < -0.3 is 9.26 Å². The van der Waals surface area contributed by atoms with Crippen molar-refractivity contribution in [2.45, 2.75) is 82.9 Å². The summed E-state index contributed by atoms with van der Waals surface area (Å²) in [6.45, 7) is 0.691. The van der Waals surface area contributed by atoms with Gasteiger partial charge in [-0.3, -0.25) is 4.90 Å². The van der Waals surface area contributed by atoms with Gasteiger partial charge in [0.1, 0.15) is 6.10 Å². The molecule has 0 aliphatic heterocycles. The smallest absolute Gasteiger partial charge is 0.241 e. The van der Waals surface area contributed by atoms with Crippen LogP contribution in [0.3, 0.4) is 0 Å². The van der Waals surface area contributed by atoms with Gasteiger partial charge in [-0.2, -0.15) is 4.98 Å². The summed E-state index contributed by atoms with van der Waals surface area (Å²) in [5.41, 5.74) is 0.818. The summed E-state index contributed by atoms with van der Waals surface area (Å²) < 4.78 is 11.7. The van der Waals surface area contributed by atoms with E-state index in [1.165, 1.54) is 51.4 Å². The molecule has 2 aliphatic carbocycles. The maximum Gasteiger partial charge on any atom is 0.241 e. The maximum atomic E-state index is 6.18. The summed E-state index contributed by atoms with van der Waals surface area (Å²) in [5.74, 6) is 1.85. The fourth-order valence-electron chi connectivity index (χ4n) is 4.29. The minimum atomic E-state index is 0.246. The van der Waals surface area contributed by atoms with Gasteiger partial charge in [-0.05, 0) is 57.7 Å². The second-order valence-corrected chi connectivity index (χ2v) is 7.95. The molecule has 0 aromatic carbocycles. The molecule has 2 fully saturated rings. The third-order valence-electron chi connectivity index (χ3n) is 5.89. The molecule has 27 heavy (non-hydrogen) atoms. The standard InChI is InChI=1S/C21H30N4O2/c1-25(16-9-4-2-5-10-16)15-19-23-20(24-27-19)18-13-8-14-22-21(18)26-17-11-6-3-7-12-17/h8,13-14,16-17H,2-7,9-12,15H2,1H3. The van der Waals surface area contributed by atoms with Crippen LogP contribution in [0.1, 0.15) is 70.1 Å². The predicted octanol–water partition coefficient (Wildman–Crippen LogP) is 4.61. The Bertz CT molecular complexity index is 720. The van der Waals surface area contributed by atoms with Crippen LogP contribution in [-0.2, 0) is 6.54 Å². The minimum Gasteiger partial charge on any atom is -0.474 e. The van der Waals surface area contributed by atoms with Crippen LogP contribution in [0.25, 0.3) is 11.4 Å². The van der Waals surface area contributed by atoms with Crippen LogP contribution >= 0.6 is 0 Å². The molecule has 2 aliphatic rings. The lowest BCUT2D eigenvalue weighted by Gasteiger charge is -2.29. The highest BCUT2D eigenvalue weighted by molar-refractivity contribution is 5.60. The Morgan fingerprint density at radius 2 is 1.81 bits per heavy atom. The van der Waals surface area contributed by atoms with Gasteiger partial charge in [-0.15, -0.1) is 0 Å². The topological polar surface area (TPSA) is 64.3 Å². The van der Waals surface area contributed by atoms with Gasteiger partial charge >= 0.3 is 0 Å². The van der Waals surface area contributed by atoms with Crippen LogP contribution in [-0.4, -0.2) is 39.2 Å². The van der Waals surface area contributed by atoms with Gasteiger partial charge in [0, 0.05) is 12.2 Å². The summed E-state index contributed by atoms with van der Waals surface area (Å²) in [7, 11) is 2.15. The summed E-state index contributed by atoms with van der Waals surface area (Å²) in [5, 5.41) is 4.21. The van der Waals surface area contributed by atoms with Crippen molar-refractivity contribution in [3.05, 3.63) is 24.2 Å². The Kier molecular flexibility index (Phi) is 6.02. The highest BCUT2D eigenvalue weighted by atomic mass is 16.5. The molecule has 0 N–H and O–H groups in total. The fourth-order valence-corrected chi connectivity index (χ4v) is 4.29. The lowest BCUT2D eigenvalue weighted by molar-refractivity contribution is 0.149. The summed E-state index contributed by atoms with van der Waals surface area (Å²) in [4.78, 5) is 11.4. The third-order valence-corrected chi connectivity index (χ3v) is 5.89. The zero-order valence-corrected chi connectivity index (χ0v) is 16.3. The van der Waals surface area contributed by atoms with Crippen molar-refractivity contribution in [1.82, 2.24) is 20.0 Å². The van der Waals surface area contributed by atoms with Crippen molar-refractivity contribution in [3.8, 4) is 17.3 Å². The van der Waals surface area contributed by atoms with Gasteiger partial charge in [0.05, 0.1) is 12.1 Å². The highest BCUT2D eigenvalue weighted by Gasteiger charge is 2.22. The number of pyridine rings is 1. The Hall–Kier alpha value is -1.95. The summed E-state index contributed by atoms with van der Waals surface area (Å²) >= 11 is 0. The molecule has 0 unspecified atom stereocenters. The van der Waals surface area contributed by atoms with E-state index in [2.05, 4.69) is 27.1 Å². The second kappa shape index (κ2) is 8.83. The van der Waals surface area contributed by atoms with Gasteiger partial charge in [-0.1, -0.05) is 30.8 Å². The molecule has 0 amide bonds. The van der Waals surface area contributed by atoms with E-state index in [4.69, 9.17) is 9.26 Å². The molecule has 2 aromatic rings. The first-order valence-corrected chi connectivity index (χ1v) is 10.4. The number of aromatic nitrogens is 3. The van der Waals surface area contributed by atoms with Crippen LogP contribution in [0.5, 0.6) is 5.88 Å². The second-order valence-electron chi connectivity index (χ2n) is 7.95. The van der Waals surface area contributed by atoms with Crippen LogP contribution in [0.2, 0.25) is 0 Å². The zero-order valence-electron chi connectivity index (χ0n) is 16.3. The molecule has 6 heteroatoms. The third kappa shape index (κ3) is 4.67. The van der Waals surface area contributed by atoms with E-state index in [0.717, 1.165) is 18.4 Å². The van der Waals surface area contributed by atoms with E-state index in [-0.39, 0.29) is 6.10 Å². The average Bonchev–Trinajstić information content (AvgIpc) is 3.18. The van der Waals surface area contributed by atoms with Crippen LogP contribution in [0.15, 0.2) is 22.9 Å². The van der Waals surface area contributed by atoms with Crippen LogP contribution in [0, 0.1) is 0 Å². The quantitative estimate of drug-likeness (QED) is 0.740. The Morgan fingerprint density at radius 3 is 2.59 bits per heavy atom. The van der Waals surface area contributed by atoms with Crippen molar-refractivity contribution in [2.24, 2.45) is 0 Å². The lowest BCUT2D eigenvalue weighted by atomic mass is 9.94. The summed E-state index contributed by atoms with van der Waals surface area (Å²) in [6, 6.07) is 4.48. The molecule has 0 bridgehead atoms. The average molecular weight is 370 g/mol. The molecule has 2 saturated carbocycles. The van der Waals surface area contributed by atoms with Gasteiger partial charge in [0.15, 0.2) is 0 Å². The molecular formula is C21H30N4O2. The van der Waals surface area contributed by atoms with Gasteiger partial charge in [-0.25, -0.2) is 4.98 Å². The normalized spacial score (nSPS) is 19.5. The van der Waals surface area contributed by atoms with Gasteiger partial charge in [0.25, 0.3) is 0 Å². The Morgan fingerprint density at radius 1 is 1.07 bits per heavy atom. The molecule has 0 saturated heterocycles. The first-order valence-electron chi connectivity index (χ1n) is 10.4. The van der Waals surface area contributed by atoms with Crippen molar-refractivity contribution in [1.29, 1.82) is 0 Å². The molecule has 2 heterocycles. The van der Waals surface area contributed by atoms with E-state index in [1.54, 1.807) is 6.20 Å². The number of nitrogens with zero attached hydrogens (tertiary/aromatic N) is 4. The first kappa shape index (κ1) is 18.4. The summed E-state index contributed by atoms with van der Waals surface area (Å²) in [6.07, 6.45) is 14.5. The van der Waals surface area contributed by atoms with Crippen LogP contribution in [0.4, 0.5) is 0 Å². The number of ether oxygens (including phenoxy) is 1. The zero-order chi connectivity index (χ0) is 18.5. The fraction of sp³-hybridized carbons (Fsp3) is 0.667. The molecule has 146 valence electrons. The van der Waals surface area contributed by atoms with Crippen molar-refractivity contribution >= 4 is 0 Å². The van der Waals surface area contributed by atoms with Crippen molar-refractivity contribution in [3.63, 3.8) is 0 Å². The minimum absolute atomic E-state index is 0.246. The molecule has 0 spiro atoms. The molecule has 0 atom stereocenters. The lowest BCUT2D eigenvalue weighted by Crippen LogP contribution is -2.32. The van der Waals surface area contributed by atoms with E-state index >= 15 is 0 Å². The van der Waals surface area contributed by atoms with Crippen molar-refractivity contribution in [2.75, 3.05) is 7.05 Å². The molecule has 6 nitrogen and oxygen atoms in total. The molecule has 4 rings (SSSR count). The SMILES string of the molecule is CN(Cc1nc(-c2cccnc2OC2CCCCC2)no1)C1CCCCC1. The van der Waals surface area contributed by atoms with Gasteiger partial charge in [0.2, 0.25) is 17.6 Å². The van der Waals surface area contributed by atoms with Crippen molar-refractivity contribution < 1.29 is 9.26 Å². The van der Waals surface area contributed by atoms with E-state index in [0.29, 0.717) is 30.2 Å². The molecular weight excluding hydrogens is 340 g/mol. The monoisotopic (exact) mass is 370 g/mol. The Labute approximate surface area is 161 Å². The predicted molar refractivity (Wildman–Crippen MR) is 103 cm³/mol. The highest BCUT2D eigenvalue weighted by Crippen LogP contribution is 2.30. The number of hydrogen-bond donors (Lipinski definition) is 0. The Balaban J connectivity index is 1.44. The maximum absolute atomic E-state index is 6.18. The largest absolute Gasteiger partial charge is 0.474 e. The van der Waals surface area contributed by atoms with E-state index in [1.807, 2.05) is 12.1 Å². The first-order chi connectivity index (χ1) is 13.3. The van der Waals surface area contributed by atoms with E-state index in [9.17, 15) is 0 Å². The number of rotatable bonds is 6. The van der Waals surface area contributed by atoms with Crippen LogP contribution < -0.4 is 4.74 Å². The van der Waals surface area contributed by atoms with E-state index < -0.39 is 0 Å².